The number of cyclic esters (lactones) is 1. The smallest absolute Gasteiger partial charge is 0.336 e. The average Bonchev–Trinajstić information content (AvgIpc) is 3.20. The normalized spacial score (nSPS) is 17.9. The van der Waals surface area contributed by atoms with E-state index in [2.05, 4.69) is 0 Å². The molecule has 5 nitrogen and oxygen atoms in total. The van der Waals surface area contributed by atoms with Crippen LogP contribution in [0.4, 0.5) is 5.69 Å². The van der Waals surface area contributed by atoms with Crippen LogP contribution in [0.25, 0.3) is 0 Å². The maximum atomic E-state index is 13.1. The lowest BCUT2D eigenvalue weighted by Gasteiger charge is -2.31. The van der Waals surface area contributed by atoms with E-state index in [9.17, 15) is 9.59 Å². The Morgan fingerprint density at radius 1 is 0.938 bits per heavy atom. The van der Waals surface area contributed by atoms with Crippen molar-refractivity contribution in [2.24, 2.45) is 0 Å². The molecule has 2 aliphatic rings. The largest absolute Gasteiger partial charge is 0.489 e. The van der Waals surface area contributed by atoms with Gasteiger partial charge in [0.1, 0.15) is 19.0 Å². The van der Waals surface area contributed by atoms with Crippen molar-refractivity contribution in [3.8, 4) is 5.75 Å². The summed E-state index contributed by atoms with van der Waals surface area (Å²) in [6.07, 6.45) is 0.197. The molecule has 0 fully saturated rings. The third-order valence-electron chi connectivity index (χ3n) is 5.77. The summed E-state index contributed by atoms with van der Waals surface area (Å²) < 4.78 is 11.2. The maximum Gasteiger partial charge on any atom is 0.336 e. The summed E-state index contributed by atoms with van der Waals surface area (Å²) in [4.78, 5) is 27.3. The van der Waals surface area contributed by atoms with Gasteiger partial charge in [-0.2, -0.15) is 0 Å². The molecule has 2 aliphatic heterocycles. The number of hydrogen-bond acceptors (Lipinski definition) is 4. The summed E-state index contributed by atoms with van der Waals surface area (Å²) in [5, 5.41) is 0.659. The molecule has 0 aromatic heterocycles. The quantitative estimate of drug-likeness (QED) is 0.503. The second-order valence-electron chi connectivity index (χ2n) is 7.71. The molecular weight excluding hydrogens is 426 g/mol. The monoisotopic (exact) mass is 445 g/mol. The van der Waals surface area contributed by atoms with Crippen molar-refractivity contribution in [3.05, 3.63) is 106 Å². The summed E-state index contributed by atoms with van der Waals surface area (Å²) in [5.41, 5.74) is 3.70. The molecule has 32 heavy (non-hydrogen) atoms. The number of carbonyl (C=O) groups excluding carboxylic acids is 2. The zero-order chi connectivity index (χ0) is 22.1. The van der Waals surface area contributed by atoms with E-state index in [-0.39, 0.29) is 30.8 Å². The number of anilines is 1. The van der Waals surface area contributed by atoms with Crippen LogP contribution in [-0.2, 0) is 20.9 Å². The first-order valence-electron chi connectivity index (χ1n) is 10.4. The third kappa shape index (κ3) is 3.76. The highest BCUT2D eigenvalue weighted by Gasteiger charge is 2.42. The van der Waals surface area contributed by atoms with Crippen LogP contribution in [0.5, 0.6) is 5.75 Å². The molecular formula is C26H20ClNO4. The molecule has 1 unspecified atom stereocenters. The number of halogens is 1. The number of ether oxygens (including phenoxy) is 2. The summed E-state index contributed by atoms with van der Waals surface area (Å²) in [6, 6.07) is 24.4. The Hall–Kier alpha value is -3.57. The van der Waals surface area contributed by atoms with Gasteiger partial charge in [-0.3, -0.25) is 9.69 Å². The van der Waals surface area contributed by atoms with Gasteiger partial charge in [-0.05, 0) is 35.9 Å². The molecule has 0 bridgehead atoms. The fraction of sp³-hybridized carbons (Fsp3) is 0.154. The van der Waals surface area contributed by atoms with E-state index in [4.69, 9.17) is 21.1 Å². The van der Waals surface area contributed by atoms with Crippen molar-refractivity contribution < 1.29 is 19.1 Å². The van der Waals surface area contributed by atoms with Gasteiger partial charge < -0.3 is 9.47 Å². The SMILES string of the molecule is O=C1OCC2=C1C(c1ccc(OCc3ccccc3Cl)cc1)CC(=O)N2c1ccccc1. The zero-order valence-electron chi connectivity index (χ0n) is 17.2. The minimum absolute atomic E-state index is 0.0581. The third-order valence-corrected chi connectivity index (χ3v) is 6.14. The Kier molecular flexibility index (Phi) is 5.41. The number of benzene rings is 3. The first-order valence-corrected chi connectivity index (χ1v) is 10.7. The van der Waals surface area contributed by atoms with E-state index in [1.165, 1.54) is 0 Å². The van der Waals surface area contributed by atoms with Gasteiger partial charge in [-0.25, -0.2) is 4.79 Å². The highest BCUT2D eigenvalue weighted by Crippen LogP contribution is 2.42. The fourth-order valence-electron chi connectivity index (χ4n) is 4.19. The molecule has 5 rings (SSSR count). The summed E-state index contributed by atoms with van der Waals surface area (Å²) >= 11 is 6.19. The first-order chi connectivity index (χ1) is 15.6. The number of para-hydroxylation sites is 1. The van der Waals surface area contributed by atoms with E-state index in [1.54, 1.807) is 4.90 Å². The van der Waals surface area contributed by atoms with Gasteiger partial charge in [-0.15, -0.1) is 0 Å². The number of carbonyl (C=O) groups is 2. The van der Waals surface area contributed by atoms with Gasteiger partial charge in [0, 0.05) is 28.6 Å². The van der Waals surface area contributed by atoms with Gasteiger partial charge in [0.2, 0.25) is 5.91 Å². The molecule has 0 aliphatic carbocycles. The lowest BCUT2D eigenvalue weighted by Crippen LogP contribution is -2.37. The predicted octanol–water partition coefficient (Wildman–Crippen LogP) is 5.25. The molecule has 3 aromatic rings. The summed E-state index contributed by atoms with van der Waals surface area (Å²) in [6.45, 7) is 0.457. The van der Waals surface area contributed by atoms with E-state index >= 15 is 0 Å². The van der Waals surface area contributed by atoms with Crippen LogP contribution in [0, 0.1) is 0 Å². The zero-order valence-corrected chi connectivity index (χ0v) is 17.9. The summed E-state index contributed by atoms with van der Waals surface area (Å²) in [5.74, 6) is -0.0789. The second kappa shape index (κ2) is 8.52. The van der Waals surface area contributed by atoms with E-state index in [0.29, 0.717) is 28.6 Å². The second-order valence-corrected chi connectivity index (χ2v) is 8.11. The number of hydrogen-bond donors (Lipinski definition) is 0. The molecule has 0 radical (unpaired) electrons. The number of rotatable bonds is 5. The standard InChI is InChI=1S/C26H20ClNO4/c27-22-9-5-4-6-18(22)15-31-20-12-10-17(11-13-20)21-14-24(29)28(19-7-2-1-3-8-19)23-16-32-26(30)25(21)23/h1-13,21H,14-16H2. The topological polar surface area (TPSA) is 55.8 Å². The summed E-state index contributed by atoms with van der Waals surface area (Å²) in [7, 11) is 0. The Bertz CT molecular complexity index is 1200. The molecule has 1 atom stereocenters. The molecule has 2 heterocycles. The molecule has 1 amide bonds. The van der Waals surface area contributed by atoms with Crippen LogP contribution in [-0.4, -0.2) is 18.5 Å². The molecule has 160 valence electrons. The van der Waals surface area contributed by atoms with Crippen molar-refractivity contribution in [1.29, 1.82) is 0 Å². The number of nitrogens with zero attached hydrogens (tertiary/aromatic N) is 1. The molecule has 3 aromatic carbocycles. The van der Waals surface area contributed by atoms with Crippen LogP contribution in [0.3, 0.4) is 0 Å². The maximum absolute atomic E-state index is 13.1. The lowest BCUT2D eigenvalue weighted by molar-refractivity contribution is -0.136. The minimum Gasteiger partial charge on any atom is -0.489 e. The van der Waals surface area contributed by atoms with Crippen molar-refractivity contribution >= 4 is 29.2 Å². The van der Waals surface area contributed by atoms with Crippen molar-refractivity contribution in [1.82, 2.24) is 0 Å². The van der Waals surface area contributed by atoms with Gasteiger partial charge in [0.25, 0.3) is 0 Å². The highest BCUT2D eigenvalue weighted by molar-refractivity contribution is 6.31. The molecule has 6 heteroatoms. The molecule has 0 N–H and O–H groups in total. The average molecular weight is 446 g/mol. The first kappa shape index (κ1) is 20.3. The minimum atomic E-state index is -0.363. The Morgan fingerprint density at radius 3 is 2.41 bits per heavy atom. The molecule has 0 saturated heterocycles. The molecule has 0 saturated carbocycles. The molecule has 0 spiro atoms. The van der Waals surface area contributed by atoms with Crippen molar-refractivity contribution in [3.63, 3.8) is 0 Å². The Balaban J connectivity index is 1.40. The van der Waals surface area contributed by atoms with Crippen molar-refractivity contribution in [2.75, 3.05) is 11.5 Å². The van der Waals surface area contributed by atoms with Crippen molar-refractivity contribution in [2.45, 2.75) is 18.9 Å². The van der Waals surface area contributed by atoms with Crippen LogP contribution in [0.2, 0.25) is 5.02 Å². The van der Waals surface area contributed by atoms with Gasteiger partial charge >= 0.3 is 5.97 Å². The van der Waals surface area contributed by atoms with Crippen LogP contribution >= 0.6 is 11.6 Å². The highest BCUT2D eigenvalue weighted by atomic mass is 35.5. The lowest BCUT2D eigenvalue weighted by atomic mass is 9.84. The van der Waals surface area contributed by atoms with Gasteiger partial charge in [-0.1, -0.05) is 60.1 Å². The number of esters is 1. The van der Waals surface area contributed by atoms with Gasteiger partial charge in [0.15, 0.2) is 0 Å². The Morgan fingerprint density at radius 2 is 1.66 bits per heavy atom. The Labute approximate surface area is 190 Å². The van der Waals surface area contributed by atoms with Crippen LogP contribution < -0.4 is 9.64 Å². The number of amides is 1. The van der Waals surface area contributed by atoms with Gasteiger partial charge in [0.05, 0.1) is 11.3 Å². The van der Waals surface area contributed by atoms with E-state index in [0.717, 1.165) is 16.8 Å². The predicted molar refractivity (Wildman–Crippen MR) is 121 cm³/mol. The van der Waals surface area contributed by atoms with E-state index < -0.39 is 0 Å². The van der Waals surface area contributed by atoms with Crippen LogP contribution in [0.1, 0.15) is 23.5 Å². The van der Waals surface area contributed by atoms with E-state index in [1.807, 2.05) is 78.9 Å². The fourth-order valence-corrected chi connectivity index (χ4v) is 4.38. The van der Waals surface area contributed by atoms with Crippen LogP contribution in [0.15, 0.2) is 90.1 Å².